The molecule has 0 aliphatic heterocycles. The number of benzene rings is 2. The van der Waals surface area contributed by atoms with E-state index < -0.39 is 25.1 Å². The molecule has 0 spiro atoms. The molecule has 0 aliphatic carbocycles. The second-order valence-corrected chi connectivity index (χ2v) is 5.48. The smallest absolute Gasteiger partial charge is 0.387 e. The van der Waals surface area contributed by atoms with Crippen LogP contribution in [-0.4, -0.2) is 31.7 Å². The number of esters is 1. The van der Waals surface area contributed by atoms with Crippen LogP contribution in [0.25, 0.3) is 0 Å². The molecule has 0 aromatic heterocycles. The summed E-state index contributed by atoms with van der Waals surface area (Å²) in [5, 5.41) is 2.48. The topological polar surface area (TPSA) is 73.9 Å². The lowest BCUT2D eigenvalue weighted by molar-refractivity contribution is -0.147. The van der Waals surface area contributed by atoms with Crippen molar-refractivity contribution in [2.24, 2.45) is 0 Å². The fourth-order valence-electron chi connectivity index (χ4n) is 2.10. The molecule has 0 atom stereocenters. The van der Waals surface area contributed by atoms with Gasteiger partial charge in [0.1, 0.15) is 11.5 Å². The summed E-state index contributed by atoms with van der Waals surface area (Å²) >= 11 is 0. The quantitative estimate of drug-likeness (QED) is 0.675. The van der Waals surface area contributed by atoms with Gasteiger partial charge in [-0.05, 0) is 42.8 Å². The van der Waals surface area contributed by atoms with Crippen LogP contribution in [0.3, 0.4) is 0 Å². The average molecular weight is 379 g/mol. The number of ether oxygens (including phenoxy) is 3. The molecule has 8 heteroatoms. The predicted octanol–water partition coefficient (Wildman–Crippen LogP) is 3.55. The van der Waals surface area contributed by atoms with E-state index in [-0.39, 0.29) is 18.8 Å². The van der Waals surface area contributed by atoms with E-state index in [2.05, 4.69) is 10.1 Å². The van der Waals surface area contributed by atoms with Crippen LogP contribution in [0.1, 0.15) is 12.0 Å². The molecule has 0 fully saturated rings. The Kier molecular flexibility index (Phi) is 7.54. The third-order valence-electron chi connectivity index (χ3n) is 3.38. The van der Waals surface area contributed by atoms with Crippen LogP contribution in [0.4, 0.5) is 14.5 Å². The highest BCUT2D eigenvalue weighted by molar-refractivity contribution is 5.92. The van der Waals surface area contributed by atoms with Crippen LogP contribution in [0.5, 0.6) is 11.5 Å². The first kappa shape index (κ1) is 20.2. The van der Waals surface area contributed by atoms with E-state index in [1.54, 1.807) is 6.07 Å². The van der Waals surface area contributed by atoms with Crippen molar-refractivity contribution in [2.75, 3.05) is 18.5 Å². The molecular weight excluding hydrogens is 360 g/mol. The Morgan fingerprint density at radius 1 is 1.07 bits per heavy atom. The first-order chi connectivity index (χ1) is 12.9. The van der Waals surface area contributed by atoms with Gasteiger partial charge in [0.15, 0.2) is 6.61 Å². The Bertz CT molecular complexity index is 765. The number of carbonyl (C=O) groups excluding carboxylic acids is 2. The van der Waals surface area contributed by atoms with E-state index >= 15 is 0 Å². The van der Waals surface area contributed by atoms with E-state index in [0.717, 1.165) is 5.56 Å². The number of halogens is 2. The second kappa shape index (κ2) is 10.1. The summed E-state index contributed by atoms with van der Waals surface area (Å²) in [5.74, 6) is -0.462. The maximum absolute atomic E-state index is 12.1. The third-order valence-corrected chi connectivity index (χ3v) is 3.38. The van der Waals surface area contributed by atoms with Crippen LogP contribution < -0.4 is 14.8 Å². The second-order valence-electron chi connectivity index (χ2n) is 5.48. The van der Waals surface area contributed by atoms with Crippen LogP contribution in [0.2, 0.25) is 0 Å². The van der Waals surface area contributed by atoms with E-state index in [9.17, 15) is 18.4 Å². The van der Waals surface area contributed by atoms with Gasteiger partial charge < -0.3 is 19.5 Å². The van der Waals surface area contributed by atoms with E-state index in [1.165, 1.54) is 24.3 Å². The Morgan fingerprint density at radius 2 is 1.78 bits per heavy atom. The summed E-state index contributed by atoms with van der Waals surface area (Å²) in [4.78, 5) is 23.4. The van der Waals surface area contributed by atoms with Gasteiger partial charge in [0.2, 0.25) is 0 Å². The Morgan fingerprint density at radius 3 is 2.44 bits per heavy atom. The highest BCUT2D eigenvalue weighted by atomic mass is 19.3. The van der Waals surface area contributed by atoms with Gasteiger partial charge in [0.05, 0.1) is 13.0 Å². The molecule has 2 aromatic carbocycles. The number of rotatable bonds is 9. The minimum atomic E-state index is -2.92. The van der Waals surface area contributed by atoms with Gasteiger partial charge in [-0.1, -0.05) is 18.2 Å². The number of nitrogens with one attached hydrogen (secondary N) is 1. The van der Waals surface area contributed by atoms with Crippen LogP contribution in [-0.2, 0) is 14.3 Å². The third kappa shape index (κ3) is 7.31. The van der Waals surface area contributed by atoms with Gasteiger partial charge in [-0.15, -0.1) is 0 Å². The number of hydrogen-bond acceptors (Lipinski definition) is 5. The van der Waals surface area contributed by atoms with Crippen molar-refractivity contribution in [3.8, 4) is 11.5 Å². The fourth-order valence-corrected chi connectivity index (χ4v) is 2.10. The molecule has 0 aliphatic rings. The molecule has 2 aromatic rings. The molecule has 0 saturated heterocycles. The standard InChI is InChI=1S/C19H19F2NO5/c1-13-4-2-3-5-16(13)25-11-10-18(24)26-12-17(23)22-14-6-8-15(9-7-14)27-19(20)21/h2-9,19H,10-12H2,1H3,(H,22,23). The summed E-state index contributed by atoms with van der Waals surface area (Å²) in [6.07, 6.45) is 0.00127. The molecule has 0 heterocycles. The van der Waals surface area contributed by atoms with Gasteiger partial charge in [-0.3, -0.25) is 9.59 Å². The van der Waals surface area contributed by atoms with Crippen LogP contribution in [0, 0.1) is 6.92 Å². The zero-order valence-corrected chi connectivity index (χ0v) is 14.6. The molecule has 6 nitrogen and oxygen atoms in total. The zero-order chi connectivity index (χ0) is 19.6. The maximum Gasteiger partial charge on any atom is 0.387 e. The molecule has 144 valence electrons. The lowest BCUT2D eigenvalue weighted by Gasteiger charge is -2.09. The number of carbonyl (C=O) groups is 2. The summed E-state index contributed by atoms with van der Waals surface area (Å²) < 4.78 is 38.7. The highest BCUT2D eigenvalue weighted by Gasteiger charge is 2.09. The van der Waals surface area contributed by atoms with Crippen molar-refractivity contribution < 1.29 is 32.6 Å². The summed E-state index contributed by atoms with van der Waals surface area (Å²) in [6.45, 7) is -1.35. The van der Waals surface area contributed by atoms with Gasteiger partial charge >= 0.3 is 12.6 Å². The fraction of sp³-hybridized carbons (Fsp3) is 0.263. The first-order valence-corrected chi connectivity index (χ1v) is 8.13. The normalized spacial score (nSPS) is 10.4. The minimum absolute atomic E-state index is 0.00127. The molecule has 0 bridgehead atoms. The number of aryl methyl sites for hydroxylation is 1. The van der Waals surface area contributed by atoms with E-state index in [0.29, 0.717) is 11.4 Å². The summed E-state index contributed by atoms with van der Waals surface area (Å²) in [6, 6.07) is 12.8. The SMILES string of the molecule is Cc1ccccc1OCCC(=O)OCC(=O)Nc1ccc(OC(F)F)cc1. The van der Waals surface area contributed by atoms with Crippen molar-refractivity contribution >= 4 is 17.6 Å². The first-order valence-electron chi connectivity index (χ1n) is 8.13. The molecule has 0 unspecified atom stereocenters. The number of alkyl halides is 2. The molecule has 0 saturated carbocycles. The lowest BCUT2D eigenvalue weighted by Crippen LogP contribution is -2.21. The lowest BCUT2D eigenvalue weighted by atomic mass is 10.2. The molecule has 2 rings (SSSR count). The number of para-hydroxylation sites is 1. The van der Waals surface area contributed by atoms with Crippen molar-refractivity contribution in [3.05, 3.63) is 54.1 Å². The monoisotopic (exact) mass is 379 g/mol. The van der Waals surface area contributed by atoms with Crippen molar-refractivity contribution in [2.45, 2.75) is 20.0 Å². The number of anilines is 1. The zero-order valence-electron chi connectivity index (χ0n) is 14.6. The minimum Gasteiger partial charge on any atom is -0.493 e. The molecular formula is C19H19F2NO5. The summed E-state index contributed by atoms with van der Waals surface area (Å²) in [5.41, 5.74) is 1.32. The van der Waals surface area contributed by atoms with Gasteiger partial charge in [-0.2, -0.15) is 8.78 Å². The van der Waals surface area contributed by atoms with Gasteiger partial charge in [0, 0.05) is 5.69 Å². The van der Waals surface area contributed by atoms with Gasteiger partial charge in [-0.25, -0.2) is 0 Å². The average Bonchev–Trinajstić information content (AvgIpc) is 2.63. The molecule has 1 N–H and O–H groups in total. The van der Waals surface area contributed by atoms with Crippen LogP contribution in [0.15, 0.2) is 48.5 Å². The van der Waals surface area contributed by atoms with E-state index in [4.69, 9.17) is 9.47 Å². The molecule has 27 heavy (non-hydrogen) atoms. The summed E-state index contributed by atoms with van der Waals surface area (Å²) in [7, 11) is 0. The largest absolute Gasteiger partial charge is 0.493 e. The van der Waals surface area contributed by atoms with E-state index in [1.807, 2.05) is 25.1 Å². The number of hydrogen-bond donors (Lipinski definition) is 1. The molecule has 0 radical (unpaired) electrons. The van der Waals surface area contributed by atoms with Gasteiger partial charge in [0.25, 0.3) is 5.91 Å². The Balaban J connectivity index is 1.67. The van der Waals surface area contributed by atoms with Crippen LogP contribution >= 0.6 is 0 Å². The molecule has 1 amide bonds. The maximum atomic E-state index is 12.1. The Hall–Kier alpha value is -3.16. The van der Waals surface area contributed by atoms with Crippen molar-refractivity contribution in [1.29, 1.82) is 0 Å². The highest BCUT2D eigenvalue weighted by Crippen LogP contribution is 2.18. The van der Waals surface area contributed by atoms with Crippen molar-refractivity contribution in [3.63, 3.8) is 0 Å². The Labute approximate surface area is 155 Å². The number of amides is 1. The predicted molar refractivity (Wildman–Crippen MR) is 94.0 cm³/mol. The van der Waals surface area contributed by atoms with Crippen molar-refractivity contribution in [1.82, 2.24) is 0 Å².